The zero-order valence-corrected chi connectivity index (χ0v) is 16.0. The van der Waals surface area contributed by atoms with Gasteiger partial charge in [-0.2, -0.15) is 0 Å². The topological polar surface area (TPSA) is 76.7 Å². The van der Waals surface area contributed by atoms with Crippen molar-refractivity contribution < 1.29 is 9.63 Å². The van der Waals surface area contributed by atoms with Crippen LogP contribution in [0.1, 0.15) is 37.8 Å². The Labute approximate surface area is 159 Å². The molecule has 1 amide bonds. The molecule has 5 nitrogen and oxygen atoms in total. The predicted molar refractivity (Wildman–Crippen MR) is 106 cm³/mol. The first-order chi connectivity index (χ1) is 12.4. The van der Waals surface area contributed by atoms with Gasteiger partial charge in [-0.05, 0) is 36.1 Å². The molecule has 26 heavy (non-hydrogen) atoms. The standard InChI is InChI=1S/C20H24ClN3O2/c1-13(2)16-9-5-7-11-18(16)23-20(25)14(3)26-24-19(22)12-15-8-4-6-10-17(15)21/h4-11,13-14H,12H2,1-3H3,(H2,22,24)(H,23,25). The quantitative estimate of drug-likeness (QED) is 0.431. The maximum Gasteiger partial charge on any atom is 0.267 e. The van der Waals surface area contributed by atoms with E-state index in [2.05, 4.69) is 24.3 Å². The molecule has 0 fully saturated rings. The SMILES string of the molecule is CC(O/N=C(/N)Cc1ccccc1Cl)C(=O)Nc1ccccc1C(C)C. The lowest BCUT2D eigenvalue weighted by Crippen LogP contribution is -2.28. The number of amidine groups is 1. The number of nitrogens with zero attached hydrogens (tertiary/aromatic N) is 1. The Bertz CT molecular complexity index is 790. The first kappa shape index (κ1) is 19.8. The Hall–Kier alpha value is -2.53. The van der Waals surface area contributed by atoms with Gasteiger partial charge in [-0.15, -0.1) is 0 Å². The van der Waals surface area contributed by atoms with Gasteiger partial charge in [0.1, 0.15) is 5.84 Å². The number of oxime groups is 1. The summed E-state index contributed by atoms with van der Waals surface area (Å²) in [5.74, 6) is 0.264. The molecule has 0 saturated heterocycles. The van der Waals surface area contributed by atoms with Gasteiger partial charge in [0, 0.05) is 17.1 Å². The second kappa shape index (κ2) is 9.25. The number of para-hydroxylation sites is 1. The van der Waals surface area contributed by atoms with Gasteiger partial charge >= 0.3 is 0 Å². The molecule has 2 rings (SSSR count). The van der Waals surface area contributed by atoms with Crippen LogP contribution in [-0.4, -0.2) is 17.8 Å². The maximum atomic E-state index is 12.3. The minimum atomic E-state index is -0.778. The molecule has 0 aliphatic heterocycles. The lowest BCUT2D eigenvalue weighted by Gasteiger charge is -2.16. The second-order valence-corrected chi connectivity index (χ2v) is 6.74. The summed E-state index contributed by atoms with van der Waals surface area (Å²) in [4.78, 5) is 17.6. The van der Waals surface area contributed by atoms with Gasteiger partial charge in [0.25, 0.3) is 5.91 Å². The molecule has 0 spiro atoms. The van der Waals surface area contributed by atoms with Crippen LogP contribution in [0, 0.1) is 0 Å². The van der Waals surface area contributed by atoms with E-state index in [9.17, 15) is 4.79 Å². The minimum Gasteiger partial charge on any atom is -0.384 e. The third kappa shape index (κ3) is 5.49. The number of anilines is 1. The lowest BCUT2D eigenvalue weighted by atomic mass is 10.0. The van der Waals surface area contributed by atoms with E-state index < -0.39 is 6.10 Å². The molecule has 0 bridgehead atoms. The van der Waals surface area contributed by atoms with Crippen molar-refractivity contribution in [3.05, 3.63) is 64.7 Å². The summed E-state index contributed by atoms with van der Waals surface area (Å²) in [6, 6.07) is 15.1. The Morgan fingerprint density at radius 3 is 2.50 bits per heavy atom. The first-order valence-electron chi connectivity index (χ1n) is 8.49. The van der Waals surface area contributed by atoms with E-state index in [4.69, 9.17) is 22.2 Å². The van der Waals surface area contributed by atoms with E-state index >= 15 is 0 Å². The number of hydrogen-bond donors (Lipinski definition) is 2. The van der Waals surface area contributed by atoms with Gasteiger partial charge < -0.3 is 15.9 Å². The zero-order chi connectivity index (χ0) is 19.1. The van der Waals surface area contributed by atoms with E-state index in [-0.39, 0.29) is 11.7 Å². The Morgan fingerprint density at radius 1 is 1.15 bits per heavy atom. The van der Waals surface area contributed by atoms with Crippen LogP contribution in [0.4, 0.5) is 5.69 Å². The van der Waals surface area contributed by atoms with Crippen LogP contribution in [0.15, 0.2) is 53.7 Å². The molecule has 0 aliphatic carbocycles. The summed E-state index contributed by atoms with van der Waals surface area (Å²) in [6.07, 6.45) is -0.426. The molecule has 0 aromatic heterocycles. The third-order valence-corrected chi connectivity index (χ3v) is 4.24. The van der Waals surface area contributed by atoms with Gasteiger partial charge in [-0.3, -0.25) is 4.79 Å². The average Bonchev–Trinajstić information content (AvgIpc) is 2.61. The number of carbonyl (C=O) groups excluding carboxylic acids is 1. The molecule has 0 radical (unpaired) electrons. The molecule has 0 saturated carbocycles. The van der Waals surface area contributed by atoms with Crippen LogP contribution in [0.25, 0.3) is 0 Å². The zero-order valence-electron chi connectivity index (χ0n) is 15.2. The van der Waals surface area contributed by atoms with Crippen molar-refractivity contribution in [3.63, 3.8) is 0 Å². The van der Waals surface area contributed by atoms with Gasteiger partial charge in [0.15, 0.2) is 0 Å². The number of nitrogens with one attached hydrogen (secondary N) is 1. The van der Waals surface area contributed by atoms with Crippen LogP contribution in [0.3, 0.4) is 0 Å². The number of hydrogen-bond acceptors (Lipinski definition) is 3. The van der Waals surface area contributed by atoms with Crippen LogP contribution in [0.5, 0.6) is 0 Å². The summed E-state index contributed by atoms with van der Waals surface area (Å²) in [5, 5.41) is 7.35. The largest absolute Gasteiger partial charge is 0.384 e. The number of nitrogens with two attached hydrogens (primary N) is 1. The van der Waals surface area contributed by atoms with Gasteiger partial charge in [-0.1, -0.05) is 67.0 Å². The smallest absolute Gasteiger partial charge is 0.267 e. The van der Waals surface area contributed by atoms with Crippen molar-refractivity contribution >= 4 is 29.0 Å². The van der Waals surface area contributed by atoms with Crippen molar-refractivity contribution in [2.24, 2.45) is 10.9 Å². The van der Waals surface area contributed by atoms with Crippen LogP contribution in [0.2, 0.25) is 5.02 Å². The molecule has 2 aromatic carbocycles. The molecule has 1 unspecified atom stereocenters. The summed E-state index contributed by atoms with van der Waals surface area (Å²) >= 11 is 6.10. The normalized spacial score (nSPS) is 12.7. The van der Waals surface area contributed by atoms with E-state index in [1.807, 2.05) is 42.5 Å². The highest BCUT2D eigenvalue weighted by atomic mass is 35.5. The summed E-state index contributed by atoms with van der Waals surface area (Å²) in [6.45, 7) is 5.77. The second-order valence-electron chi connectivity index (χ2n) is 6.33. The third-order valence-electron chi connectivity index (χ3n) is 3.87. The minimum absolute atomic E-state index is 0.250. The van der Waals surface area contributed by atoms with Crippen molar-refractivity contribution in [2.75, 3.05) is 5.32 Å². The highest BCUT2D eigenvalue weighted by Crippen LogP contribution is 2.23. The summed E-state index contributed by atoms with van der Waals surface area (Å²) in [7, 11) is 0. The molecule has 0 aliphatic rings. The molecular formula is C20H24ClN3O2. The summed E-state index contributed by atoms with van der Waals surface area (Å²) in [5.41, 5.74) is 8.56. The summed E-state index contributed by atoms with van der Waals surface area (Å²) < 4.78 is 0. The van der Waals surface area contributed by atoms with Crippen LogP contribution < -0.4 is 11.1 Å². The fraction of sp³-hybridized carbons (Fsp3) is 0.300. The van der Waals surface area contributed by atoms with Crippen molar-refractivity contribution in [2.45, 2.75) is 39.2 Å². The Balaban J connectivity index is 1.96. The van der Waals surface area contributed by atoms with E-state index in [0.29, 0.717) is 17.4 Å². The molecule has 6 heteroatoms. The van der Waals surface area contributed by atoms with Crippen LogP contribution >= 0.6 is 11.6 Å². The van der Waals surface area contributed by atoms with Crippen molar-refractivity contribution in [1.82, 2.24) is 0 Å². The predicted octanol–water partition coefficient (Wildman–Crippen LogP) is 4.32. The number of benzene rings is 2. The molecule has 1 atom stereocenters. The highest BCUT2D eigenvalue weighted by molar-refractivity contribution is 6.31. The molecule has 3 N–H and O–H groups in total. The number of amides is 1. The lowest BCUT2D eigenvalue weighted by molar-refractivity contribution is -0.126. The van der Waals surface area contributed by atoms with Crippen molar-refractivity contribution in [1.29, 1.82) is 0 Å². The van der Waals surface area contributed by atoms with E-state index in [1.165, 1.54) is 0 Å². The monoisotopic (exact) mass is 373 g/mol. The highest BCUT2D eigenvalue weighted by Gasteiger charge is 2.17. The van der Waals surface area contributed by atoms with Gasteiger partial charge in [-0.25, -0.2) is 0 Å². The number of carbonyl (C=O) groups is 1. The molecular weight excluding hydrogens is 350 g/mol. The van der Waals surface area contributed by atoms with E-state index in [1.54, 1.807) is 13.0 Å². The Morgan fingerprint density at radius 2 is 1.81 bits per heavy atom. The van der Waals surface area contributed by atoms with Crippen molar-refractivity contribution in [3.8, 4) is 0 Å². The fourth-order valence-corrected chi connectivity index (χ4v) is 2.61. The van der Waals surface area contributed by atoms with Crippen LogP contribution in [-0.2, 0) is 16.1 Å². The maximum absolute atomic E-state index is 12.3. The van der Waals surface area contributed by atoms with Gasteiger partial charge in [0.2, 0.25) is 6.10 Å². The average molecular weight is 374 g/mol. The molecule has 2 aromatic rings. The Kier molecular flexibility index (Phi) is 7.04. The number of rotatable bonds is 7. The first-order valence-corrected chi connectivity index (χ1v) is 8.87. The van der Waals surface area contributed by atoms with E-state index in [0.717, 1.165) is 16.8 Å². The van der Waals surface area contributed by atoms with Gasteiger partial charge in [0.05, 0.1) is 0 Å². The molecule has 138 valence electrons. The molecule has 0 heterocycles. The fourth-order valence-electron chi connectivity index (χ4n) is 2.41. The number of halogens is 1.